The Morgan fingerprint density at radius 1 is 1.35 bits per heavy atom. The van der Waals surface area contributed by atoms with Crippen LogP contribution in [0.2, 0.25) is 0 Å². The van der Waals surface area contributed by atoms with Crippen molar-refractivity contribution in [3.05, 3.63) is 0 Å². The van der Waals surface area contributed by atoms with Crippen LogP contribution in [-0.2, 0) is 19.1 Å². The molecule has 1 N–H and O–H groups in total. The summed E-state index contributed by atoms with van der Waals surface area (Å²) in [4.78, 5) is 22.0. The summed E-state index contributed by atoms with van der Waals surface area (Å²) in [7, 11) is 0. The van der Waals surface area contributed by atoms with E-state index in [0.717, 1.165) is 12.8 Å². The largest absolute Gasteiger partial charge is 0.464 e. The highest BCUT2D eigenvalue weighted by atomic mass is 16.5. The summed E-state index contributed by atoms with van der Waals surface area (Å²) in [5, 5.41) is 9.55. The van der Waals surface area contributed by atoms with Gasteiger partial charge in [-0.15, -0.1) is 0 Å². The van der Waals surface area contributed by atoms with E-state index >= 15 is 0 Å². The fraction of sp³-hybridized carbons (Fsp3) is 0.833. The van der Waals surface area contributed by atoms with E-state index in [1.807, 2.05) is 0 Å². The molecule has 0 saturated carbocycles. The van der Waals surface area contributed by atoms with Gasteiger partial charge in [0.2, 0.25) is 0 Å². The van der Waals surface area contributed by atoms with Crippen molar-refractivity contribution in [2.75, 3.05) is 19.8 Å². The molecule has 0 rings (SSSR count). The summed E-state index contributed by atoms with van der Waals surface area (Å²) >= 11 is 0. The Labute approximate surface area is 102 Å². The number of carbonyl (C=O) groups is 2. The second kappa shape index (κ2) is 10.2. The molecule has 2 atom stereocenters. The molecule has 0 spiro atoms. The van der Waals surface area contributed by atoms with Crippen molar-refractivity contribution in [3.8, 4) is 0 Å². The average molecular weight is 246 g/mol. The summed E-state index contributed by atoms with van der Waals surface area (Å²) in [6.45, 7) is 4.89. The molecule has 0 heterocycles. The molecule has 0 amide bonds. The van der Waals surface area contributed by atoms with Crippen molar-refractivity contribution in [2.45, 2.75) is 39.2 Å². The van der Waals surface area contributed by atoms with Gasteiger partial charge in [-0.05, 0) is 19.8 Å². The van der Waals surface area contributed by atoms with E-state index < -0.39 is 18.0 Å². The van der Waals surface area contributed by atoms with Crippen LogP contribution in [0.3, 0.4) is 0 Å². The predicted molar refractivity (Wildman–Crippen MR) is 62.5 cm³/mol. The van der Waals surface area contributed by atoms with Crippen LogP contribution in [0.1, 0.15) is 33.1 Å². The number of rotatable bonds is 10. The number of carbonyl (C=O) groups excluding carboxylic acids is 2. The lowest BCUT2D eigenvalue weighted by molar-refractivity contribution is -0.157. The number of esters is 1. The third-order valence-electron chi connectivity index (χ3n) is 2.35. The Kier molecular flexibility index (Phi) is 9.66. The summed E-state index contributed by atoms with van der Waals surface area (Å²) in [5.41, 5.74) is 0. The molecule has 0 bridgehead atoms. The number of aliphatic hydroxyl groups is 1. The van der Waals surface area contributed by atoms with E-state index in [1.165, 1.54) is 0 Å². The van der Waals surface area contributed by atoms with Crippen molar-refractivity contribution in [2.24, 2.45) is 5.92 Å². The molecule has 0 saturated heterocycles. The highest BCUT2D eigenvalue weighted by molar-refractivity contribution is 5.78. The Morgan fingerprint density at radius 2 is 2.06 bits per heavy atom. The number of unbranched alkanes of at least 4 members (excludes halogenated alkanes) is 1. The summed E-state index contributed by atoms with van der Waals surface area (Å²) in [6.07, 6.45) is 1.52. The van der Waals surface area contributed by atoms with Gasteiger partial charge >= 0.3 is 5.97 Å². The maximum atomic E-state index is 11.2. The van der Waals surface area contributed by atoms with Crippen LogP contribution < -0.4 is 0 Å². The first-order valence-electron chi connectivity index (χ1n) is 6.05. The number of ether oxygens (including phenoxy) is 2. The third-order valence-corrected chi connectivity index (χ3v) is 2.35. The molecule has 0 aliphatic rings. The zero-order valence-corrected chi connectivity index (χ0v) is 10.6. The first-order chi connectivity index (χ1) is 8.17. The molecule has 0 radical (unpaired) electrons. The lowest BCUT2D eigenvalue weighted by atomic mass is 10.0. The Balaban J connectivity index is 3.89. The van der Waals surface area contributed by atoms with E-state index in [0.29, 0.717) is 25.9 Å². The smallest absolute Gasteiger partial charge is 0.335 e. The summed E-state index contributed by atoms with van der Waals surface area (Å²) < 4.78 is 9.92. The zero-order valence-electron chi connectivity index (χ0n) is 10.6. The summed E-state index contributed by atoms with van der Waals surface area (Å²) in [5.74, 6) is -1.51. The van der Waals surface area contributed by atoms with Crippen LogP contribution in [0.5, 0.6) is 0 Å². The number of aldehydes is 1. The molecule has 0 aromatic rings. The van der Waals surface area contributed by atoms with Crippen LogP contribution >= 0.6 is 0 Å². The van der Waals surface area contributed by atoms with Gasteiger partial charge in [0.25, 0.3) is 0 Å². The fourth-order valence-electron chi connectivity index (χ4n) is 1.27. The van der Waals surface area contributed by atoms with Crippen LogP contribution in [0.25, 0.3) is 0 Å². The van der Waals surface area contributed by atoms with Crippen molar-refractivity contribution >= 4 is 12.3 Å². The predicted octanol–water partition coefficient (Wildman–Crippen LogP) is 0.932. The maximum Gasteiger partial charge on any atom is 0.335 e. The van der Waals surface area contributed by atoms with Crippen LogP contribution in [0.4, 0.5) is 0 Å². The first kappa shape index (κ1) is 16.1. The van der Waals surface area contributed by atoms with E-state index in [1.54, 1.807) is 6.92 Å². The molecule has 100 valence electrons. The molecule has 0 aliphatic carbocycles. The fourth-order valence-corrected chi connectivity index (χ4v) is 1.27. The van der Waals surface area contributed by atoms with Gasteiger partial charge in [-0.2, -0.15) is 0 Å². The lowest BCUT2D eigenvalue weighted by Crippen LogP contribution is -2.33. The number of aliphatic hydroxyl groups excluding tert-OH is 1. The van der Waals surface area contributed by atoms with Gasteiger partial charge in [0.05, 0.1) is 12.5 Å². The Bertz CT molecular complexity index is 217. The normalized spacial score (nSPS) is 14.1. The van der Waals surface area contributed by atoms with E-state index in [-0.39, 0.29) is 6.61 Å². The lowest BCUT2D eigenvalue weighted by Gasteiger charge is -2.16. The molecular formula is C12H22O5. The van der Waals surface area contributed by atoms with E-state index in [2.05, 4.69) is 11.7 Å². The molecule has 5 nitrogen and oxygen atoms in total. The third kappa shape index (κ3) is 7.07. The Morgan fingerprint density at radius 3 is 2.59 bits per heavy atom. The van der Waals surface area contributed by atoms with Gasteiger partial charge < -0.3 is 19.4 Å². The monoisotopic (exact) mass is 246 g/mol. The van der Waals surface area contributed by atoms with Crippen LogP contribution in [0.15, 0.2) is 0 Å². The molecule has 17 heavy (non-hydrogen) atoms. The van der Waals surface area contributed by atoms with Crippen molar-refractivity contribution < 1.29 is 24.2 Å². The second-order valence-electron chi connectivity index (χ2n) is 3.75. The second-order valence-corrected chi connectivity index (χ2v) is 3.75. The van der Waals surface area contributed by atoms with Gasteiger partial charge in [-0.25, -0.2) is 4.79 Å². The molecule has 0 fully saturated rings. The molecule has 0 unspecified atom stereocenters. The highest BCUT2D eigenvalue weighted by Crippen LogP contribution is 2.08. The quantitative estimate of drug-likeness (QED) is 0.353. The highest BCUT2D eigenvalue weighted by Gasteiger charge is 2.26. The van der Waals surface area contributed by atoms with Gasteiger partial charge in [-0.3, -0.25) is 0 Å². The molecule has 0 aromatic heterocycles. The molecule has 0 aliphatic heterocycles. The minimum Gasteiger partial charge on any atom is -0.464 e. The standard InChI is InChI=1S/C12H22O5/c1-3-5-7-16-8-6-10(9-13)11(14)12(15)17-4-2/h9-11,14H,3-8H2,1-2H3/t10-,11-/m1/s1. The minimum absolute atomic E-state index is 0.189. The maximum absolute atomic E-state index is 11.2. The Hall–Kier alpha value is -0.940. The van der Waals surface area contributed by atoms with Crippen molar-refractivity contribution in [3.63, 3.8) is 0 Å². The number of hydrogen-bond donors (Lipinski definition) is 1. The molecule has 5 heteroatoms. The first-order valence-corrected chi connectivity index (χ1v) is 6.05. The molecular weight excluding hydrogens is 224 g/mol. The van der Waals surface area contributed by atoms with E-state index in [4.69, 9.17) is 4.74 Å². The van der Waals surface area contributed by atoms with E-state index in [9.17, 15) is 14.7 Å². The van der Waals surface area contributed by atoms with Gasteiger partial charge in [-0.1, -0.05) is 13.3 Å². The van der Waals surface area contributed by atoms with Gasteiger partial charge in [0.1, 0.15) is 6.29 Å². The van der Waals surface area contributed by atoms with Crippen LogP contribution in [0, 0.1) is 5.92 Å². The SMILES string of the molecule is CCCCOCC[C@H](C=O)[C@@H](O)C(=O)OCC. The summed E-state index contributed by atoms with van der Waals surface area (Å²) in [6, 6.07) is 0. The molecule has 0 aromatic carbocycles. The van der Waals surface area contributed by atoms with Crippen molar-refractivity contribution in [1.29, 1.82) is 0 Å². The van der Waals surface area contributed by atoms with Gasteiger partial charge in [0.15, 0.2) is 6.10 Å². The average Bonchev–Trinajstić information content (AvgIpc) is 2.33. The van der Waals surface area contributed by atoms with Crippen molar-refractivity contribution in [1.82, 2.24) is 0 Å². The van der Waals surface area contributed by atoms with Crippen LogP contribution in [-0.4, -0.2) is 43.3 Å². The number of hydrogen-bond acceptors (Lipinski definition) is 5. The van der Waals surface area contributed by atoms with Gasteiger partial charge in [0, 0.05) is 13.2 Å². The minimum atomic E-state index is -1.39. The topological polar surface area (TPSA) is 72.8 Å². The zero-order chi connectivity index (χ0) is 13.1.